The minimum absolute atomic E-state index is 0.147. The van der Waals surface area contributed by atoms with Crippen LogP contribution in [-0.2, 0) is 12.8 Å². The summed E-state index contributed by atoms with van der Waals surface area (Å²) >= 11 is 0. The van der Waals surface area contributed by atoms with Crippen molar-refractivity contribution in [3.05, 3.63) is 124 Å². The number of fused-ring (bicyclic) bond motifs is 6. The summed E-state index contributed by atoms with van der Waals surface area (Å²) in [4.78, 5) is 14.6. The van der Waals surface area contributed by atoms with Crippen LogP contribution >= 0.6 is 0 Å². The molecule has 6 bridgehead atoms. The molecular weight excluding hydrogens is 349 g/mol. The summed E-state index contributed by atoms with van der Waals surface area (Å²) in [5.41, 5.74) is 6.71. The molecular formula is C24H18FN3. The number of hydrogen-bond acceptors (Lipinski definition) is 3. The SMILES string of the molecule is Fc1ccc(C2c3cccc(n3)Cc3cccc(n3)Cc3cccc2n3)cc1. The average Bonchev–Trinajstić information content (AvgIpc) is 2.70. The maximum Gasteiger partial charge on any atom is 0.123 e. The summed E-state index contributed by atoms with van der Waals surface area (Å²) < 4.78 is 13.5. The number of nitrogens with zero attached hydrogens (tertiary/aromatic N) is 3. The highest BCUT2D eigenvalue weighted by molar-refractivity contribution is 5.39. The second-order valence-electron chi connectivity index (χ2n) is 7.07. The minimum Gasteiger partial charge on any atom is -0.257 e. The van der Waals surface area contributed by atoms with Crippen LogP contribution in [0.2, 0.25) is 0 Å². The molecule has 0 fully saturated rings. The van der Waals surface area contributed by atoms with E-state index in [-0.39, 0.29) is 11.7 Å². The van der Waals surface area contributed by atoms with E-state index in [9.17, 15) is 4.39 Å². The summed E-state index contributed by atoms with van der Waals surface area (Å²) in [6.45, 7) is 0. The molecule has 0 saturated heterocycles. The first kappa shape index (κ1) is 16.8. The van der Waals surface area contributed by atoms with Gasteiger partial charge < -0.3 is 0 Å². The summed E-state index contributed by atoms with van der Waals surface area (Å²) in [7, 11) is 0. The maximum atomic E-state index is 13.5. The topological polar surface area (TPSA) is 38.7 Å². The van der Waals surface area contributed by atoms with Crippen molar-refractivity contribution in [2.24, 2.45) is 0 Å². The third-order valence-electron chi connectivity index (χ3n) is 5.04. The van der Waals surface area contributed by atoms with Gasteiger partial charge in [-0.15, -0.1) is 0 Å². The standard InChI is InChI=1S/C24H18FN3/c25-17-12-10-16(11-13-17)24-22-8-2-6-20(27-22)14-18-4-1-5-19(26-18)15-21-7-3-9-23(24)28-21/h1-13,24H,14-15H2. The van der Waals surface area contributed by atoms with Crippen LogP contribution in [0.15, 0.2) is 78.9 Å². The minimum atomic E-state index is -0.245. The molecule has 0 radical (unpaired) electrons. The van der Waals surface area contributed by atoms with Gasteiger partial charge >= 0.3 is 0 Å². The molecule has 4 heteroatoms. The van der Waals surface area contributed by atoms with E-state index in [2.05, 4.69) is 0 Å². The van der Waals surface area contributed by atoms with E-state index in [4.69, 9.17) is 15.0 Å². The van der Waals surface area contributed by atoms with Crippen LogP contribution in [-0.4, -0.2) is 15.0 Å². The highest BCUT2D eigenvalue weighted by Gasteiger charge is 2.21. The fraction of sp³-hybridized carbons (Fsp3) is 0.125. The lowest BCUT2D eigenvalue weighted by Crippen LogP contribution is -2.11. The van der Waals surface area contributed by atoms with Crippen molar-refractivity contribution in [3.63, 3.8) is 0 Å². The fourth-order valence-electron chi connectivity index (χ4n) is 3.76. The van der Waals surface area contributed by atoms with Gasteiger partial charge in [0, 0.05) is 35.6 Å². The van der Waals surface area contributed by atoms with Crippen molar-refractivity contribution < 1.29 is 4.39 Å². The Hall–Kier alpha value is -3.40. The molecule has 4 heterocycles. The molecule has 0 atom stereocenters. The van der Waals surface area contributed by atoms with E-state index in [0.717, 1.165) is 39.7 Å². The van der Waals surface area contributed by atoms with E-state index in [0.29, 0.717) is 12.8 Å². The van der Waals surface area contributed by atoms with Crippen molar-refractivity contribution in [1.29, 1.82) is 0 Å². The van der Waals surface area contributed by atoms with Crippen LogP contribution < -0.4 is 0 Å². The molecule has 0 unspecified atom stereocenters. The van der Waals surface area contributed by atoms with E-state index in [1.807, 2.05) is 66.7 Å². The Bertz CT molecular complexity index is 1070. The third kappa shape index (κ3) is 3.29. The molecule has 3 aromatic heterocycles. The van der Waals surface area contributed by atoms with Gasteiger partial charge in [0.25, 0.3) is 0 Å². The molecule has 0 N–H and O–H groups in total. The molecule has 0 spiro atoms. The highest BCUT2D eigenvalue weighted by Crippen LogP contribution is 2.30. The molecule has 0 aliphatic carbocycles. The normalized spacial score (nSPS) is 13.5. The van der Waals surface area contributed by atoms with Crippen molar-refractivity contribution in [2.75, 3.05) is 0 Å². The van der Waals surface area contributed by atoms with Gasteiger partial charge in [0.1, 0.15) is 5.82 Å². The largest absolute Gasteiger partial charge is 0.257 e. The fourth-order valence-corrected chi connectivity index (χ4v) is 3.76. The summed E-state index contributed by atoms with van der Waals surface area (Å²) in [5, 5.41) is 0. The number of benzene rings is 1. The highest BCUT2D eigenvalue weighted by atomic mass is 19.1. The third-order valence-corrected chi connectivity index (χ3v) is 5.04. The zero-order valence-corrected chi connectivity index (χ0v) is 15.2. The lowest BCUT2D eigenvalue weighted by molar-refractivity contribution is 0.626. The van der Waals surface area contributed by atoms with Gasteiger partial charge in [-0.25, -0.2) is 4.39 Å². The van der Waals surface area contributed by atoms with Crippen molar-refractivity contribution in [2.45, 2.75) is 18.8 Å². The van der Waals surface area contributed by atoms with E-state index in [1.165, 1.54) is 12.1 Å². The molecule has 3 nitrogen and oxygen atoms in total. The predicted molar refractivity (Wildman–Crippen MR) is 106 cm³/mol. The smallest absolute Gasteiger partial charge is 0.123 e. The van der Waals surface area contributed by atoms with Crippen LogP contribution in [0, 0.1) is 5.82 Å². The van der Waals surface area contributed by atoms with Crippen molar-refractivity contribution in [1.82, 2.24) is 15.0 Å². The average molecular weight is 367 g/mol. The number of aromatic nitrogens is 3. The first-order chi connectivity index (χ1) is 13.7. The van der Waals surface area contributed by atoms with Gasteiger partial charge in [-0.1, -0.05) is 30.3 Å². The van der Waals surface area contributed by atoms with Crippen LogP contribution in [0.25, 0.3) is 0 Å². The van der Waals surface area contributed by atoms with Crippen LogP contribution in [0.3, 0.4) is 0 Å². The quantitative estimate of drug-likeness (QED) is 0.432. The summed E-state index contributed by atoms with van der Waals surface area (Å²) in [6.07, 6.45) is 1.36. The molecule has 28 heavy (non-hydrogen) atoms. The Morgan fingerprint density at radius 3 is 1.57 bits per heavy atom. The van der Waals surface area contributed by atoms with Gasteiger partial charge in [-0.3, -0.25) is 15.0 Å². The lowest BCUT2D eigenvalue weighted by Gasteiger charge is -2.19. The van der Waals surface area contributed by atoms with Crippen LogP contribution in [0.1, 0.15) is 45.6 Å². The summed E-state index contributed by atoms with van der Waals surface area (Å²) in [5.74, 6) is -0.392. The Kier molecular flexibility index (Phi) is 4.17. The Labute approximate surface area is 163 Å². The predicted octanol–water partition coefficient (Wildman–Crippen LogP) is 4.69. The molecule has 1 aromatic carbocycles. The second kappa shape index (κ2) is 6.97. The van der Waals surface area contributed by atoms with E-state index in [1.54, 1.807) is 0 Å². The maximum absolute atomic E-state index is 13.5. The monoisotopic (exact) mass is 367 g/mol. The van der Waals surface area contributed by atoms with Crippen LogP contribution in [0.5, 0.6) is 0 Å². The molecule has 4 aromatic rings. The van der Waals surface area contributed by atoms with Gasteiger partial charge in [-0.2, -0.15) is 0 Å². The molecule has 5 rings (SSSR count). The zero-order valence-electron chi connectivity index (χ0n) is 15.2. The lowest BCUT2D eigenvalue weighted by atomic mass is 9.90. The molecule has 1 aliphatic heterocycles. The van der Waals surface area contributed by atoms with Gasteiger partial charge in [0.05, 0.1) is 17.3 Å². The van der Waals surface area contributed by atoms with E-state index < -0.39 is 0 Å². The second-order valence-corrected chi connectivity index (χ2v) is 7.07. The first-order valence-electron chi connectivity index (χ1n) is 9.36. The molecule has 0 amide bonds. The van der Waals surface area contributed by atoms with Crippen molar-refractivity contribution >= 4 is 0 Å². The molecule has 136 valence electrons. The summed E-state index contributed by atoms with van der Waals surface area (Å²) in [6, 6.07) is 24.8. The number of halogens is 1. The number of hydrogen-bond donors (Lipinski definition) is 0. The van der Waals surface area contributed by atoms with Crippen LogP contribution in [0.4, 0.5) is 4.39 Å². The van der Waals surface area contributed by atoms with Crippen molar-refractivity contribution in [3.8, 4) is 0 Å². The molecule has 1 aliphatic rings. The zero-order chi connectivity index (χ0) is 18.9. The number of rotatable bonds is 1. The van der Waals surface area contributed by atoms with Gasteiger partial charge in [0.2, 0.25) is 0 Å². The first-order valence-corrected chi connectivity index (χ1v) is 9.36. The Balaban J connectivity index is 1.73. The number of pyridine rings is 3. The Morgan fingerprint density at radius 2 is 1.04 bits per heavy atom. The van der Waals surface area contributed by atoms with Gasteiger partial charge in [0.15, 0.2) is 0 Å². The molecule has 0 saturated carbocycles. The van der Waals surface area contributed by atoms with Gasteiger partial charge in [-0.05, 0) is 54.1 Å². The Morgan fingerprint density at radius 1 is 0.571 bits per heavy atom. The van der Waals surface area contributed by atoms with E-state index >= 15 is 0 Å².